The van der Waals surface area contributed by atoms with Crippen molar-refractivity contribution >= 4 is 22.6 Å². The average molecular weight is 347 g/mol. The van der Waals surface area contributed by atoms with Crippen molar-refractivity contribution in [1.29, 1.82) is 0 Å². The maximum absolute atomic E-state index is 12.6. The molecule has 3 rings (SSSR count). The van der Waals surface area contributed by atoms with Crippen LogP contribution in [0.3, 0.4) is 0 Å². The van der Waals surface area contributed by atoms with E-state index in [0.717, 1.165) is 27.5 Å². The Bertz CT molecular complexity index is 958. The highest BCUT2D eigenvalue weighted by atomic mass is 16.4. The predicted octanol–water partition coefficient (Wildman–Crippen LogP) is 3.88. The normalized spacial score (nSPS) is 11.9. The number of carboxylic acids is 1. The summed E-state index contributed by atoms with van der Waals surface area (Å²) in [4.78, 5) is 24.3. The molecule has 0 aromatic heterocycles. The number of hydrogen-bond donors (Lipinski definition) is 2. The van der Waals surface area contributed by atoms with E-state index in [1.54, 1.807) is 12.1 Å². The van der Waals surface area contributed by atoms with Crippen LogP contribution in [0.25, 0.3) is 10.8 Å². The second-order valence-electron chi connectivity index (χ2n) is 6.50. The summed E-state index contributed by atoms with van der Waals surface area (Å²) in [6.07, 6.45) is 0.257. The van der Waals surface area contributed by atoms with Crippen molar-refractivity contribution in [3.63, 3.8) is 0 Å². The van der Waals surface area contributed by atoms with E-state index in [9.17, 15) is 14.7 Å². The van der Waals surface area contributed by atoms with Gasteiger partial charge >= 0.3 is 5.97 Å². The number of amides is 1. The maximum atomic E-state index is 12.6. The molecule has 0 heterocycles. The summed E-state index contributed by atoms with van der Waals surface area (Å²) in [5, 5.41) is 14.2. The van der Waals surface area contributed by atoms with Gasteiger partial charge in [0.2, 0.25) is 0 Å². The number of hydrogen-bond acceptors (Lipinski definition) is 2. The summed E-state index contributed by atoms with van der Waals surface area (Å²) < 4.78 is 0. The fraction of sp³-hybridized carbons (Fsp3) is 0.182. The largest absolute Gasteiger partial charge is 0.480 e. The van der Waals surface area contributed by atoms with Crippen LogP contribution in [0.1, 0.15) is 27.0 Å². The highest BCUT2D eigenvalue weighted by Crippen LogP contribution is 2.18. The number of carbonyl (C=O) groups excluding carboxylic acids is 1. The quantitative estimate of drug-likeness (QED) is 0.736. The van der Waals surface area contributed by atoms with Crippen molar-refractivity contribution < 1.29 is 14.7 Å². The minimum Gasteiger partial charge on any atom is -0.480 e. The molecule has 26 heavy (non-hydrogen) atoms. The topological polar surface area (TPSA) is 66.4 Å². The molecule has 2 N–H and O–H groups in total. The Kier molecular flexibility index (Phi) is 5.03. The zero-order chi connectivity index (χ0) is 18.7. The molecule has 0 aliphatic carbocycles. The molecule has 0 radical (unpaired) electrons. The smallest absolute Gasteiger partial charge is 0.326 e. The van der Waals surface area contributed by atoms with Crippen molar-refractivity contribution in [3.8, 4) is 0 Å². The number of fused-ring (bicyclic) bond motifs is 1. The van der Waals surface area contributed by atoms with Crippen LogP contribution in [0.4, 0.5) is 0 Å². The minimum absolute atomic E-state index is 0.257. The lowest BCUT2D eigenvalue weighted by atomic mass is 9.96. The number of benzene rings is 3. The van der Waals surface area contributed by atoms with E-state index in [1.165, 1.54) is 0 Å². The molecule has 0 saturated carbocycles. The van der Waals surface area contributed by atoms with Crippen LogP contribution in [0.2, 0.25) is 0 Å². The first-order valence-electron chi connectivity index (χ1n) is 8.53. The van der Waals surface area contributed by atoms with Crippen LogP contribution in [-0.4, -0.2) is 23.0 Å². The monoisotopic (exact) mass is 347 g/mol. The van der Waals surface area contributed by atoms with Crippen molar-refractivity contribution in [1.82, 2.24) is 5.32 Å². The van der Waals surface area contributed by atoms with Crippen molar-refractivity contribution in [2.45, 2.75) is 26.3 Å². The fourth-order valence-electron chi connectivity index (χ4n) is 3.15. The molecular weight excluding hydrogens is 326 g/mol. The van der Waals surface area contributed by atoms with Gasteiger partial charge in [-0.05, 0) is 53.4 Å². The molecule has 3 aromatic rings. The maximum Gasteiger partial charge on any atom is 0.326 e. The van der Waals surface area contributed by atoms with Gasteiger partial charge in [0.25, 0.3) is 5.91 Å². The fourth-order valence-corrected chi connectivity index (χ4v) is 3.15. The van der Waals surface area contributed by atoms with Crippen molar-refractivity contribution in [2.24, 2.45) is 0 Å². The molecule has 0 spiro atoms. The third-order valence-corrected chi connectivity index (χ3v) is 4.67. The summed E-state index contributed by atoms with van der Waals surface area (Å²) in [7, 11) is 0. The number of rotatable bonds is 5. The van der Waals surface area contributed by atoms with Gasteiger partial charge in [-0.1, -0.05) is 48.5 Å². The lowest BCUT2D eigenvalue weighted by Gasteiger charge is -2.17. The van der Waals surface area contributed by atoms with Crippen molar-refractivity contribution in [3.05, 3.63) is 82.9 Å². The molecule has 4 nitrogen and oxygen atoms in total. The molecule has 1 atom stereocenters. The molecule has 0 bridgehead atoms. The molecule has 0 saturated heterocycles. The molecule has 0 aliphatic heterocycles. The van der Waals surface area contributed by atoms with E-state index in [1.807, 2.05) is 62.4 Å². The SMILES string of the molecule is Cc1cccc(C)c1C[C@@H](NC(=O)c1ccc2ccccc2c1)C(=O)O. The van der Waals surface area contributed by atoms with Crippen LogP contribution in [0.15, 0.2) is 60.7 Å². The molecular formula is C22H21NO3. The van der Waals surface area contributed by atoms with Crippen LogP contribution >= 0.6 is 0 Å². The standard InChI is InChI=1S/C22H21NO3/c1-14-6-5-7-15(2)19(14)13-20(22(25)26)23-21(24)18-11-10-16-8-3-4-9-17(16)12-18/h3-12,20H,13H2,1-2H3,(H,23,24)(H,25,26)/t20-/m1/s1. The van der Waals surface area contributed by atoms with Crippen LogP contribution in [0.5, 0.6) is 0 Å². The number of carboxylic acid groups (broad SMARTS) is 1. The Morgan fingerprint density at radius 2 is 1.58 bits per heavy atom. The molecule has 0 fully saturated rings. The zero-order valence-corrected chi connectivity index (χ0v) is 14.8. The lowest BCUT2D eigenvalue weighted by Crippen LogP contribution is -2.42. The summed E-state index contributed by atoms with van der Waals surface area (Å²) in [6.45, 7) is 3.90. The Hall–Kier alpha value is -3.14. The molecule has 0 unspecified atom stereocenters. The number of aryl methyl sites for hydroxylation is 2. The molecule has 1 amide bonds. The molecule has 4 heteroatoms. The molecule has 3 aromatic carbocycles. The predicted molar refractivity (Wildman–Crippen MR) is 102 cm³/mol. The summed E-state index contributed by atoms with van der Waals surface area (Å²) in [6, 6.07) is 18.0. The summed E-state index contributed by atoms with van der Waals surface area (Å²) in [5.74, 6) is -1.42. The average Bonchev–Trinajstić information content (AvgIpc) is 2.63. The number of nitrogens with one attached hydrogen (secondary N) is 1. The number of aliphatic carboxylic acids is 1. The van der Waals surface area contributed by atoms with E-state index in [-0.39, 0.29) is 12.3 Å². The van der Waals surface area contributed by atoms with Gasteiger partial charge in [0.1, 0.15) is 6.04 Å². The minimum atomic E-state index is -1.04. The van der Waals surface area contributed by atoms with Gasteiger partial charge < -0.3 is 10.4 Å². The Morgan fingerprint density at radius 3 is 2.23 bits per heavy atom. The molecule has 132 valence electrons. The summed E-state index contributed by atoms with van der Waals surface area (Å²) in [5.41, 5.74) is 3.46. The van der Waals surface area contributed by atoms with Gasteiger partial charge in [0.05, 0.1) is 0 Å². The van der Waals surface area contributed by atoms with Gasteiger partial charge in [0, 0.05) is 12.0 Å². The second-order valence-corrected chi connectivity index (χ2v) is 6.50. The second kappa shape index (κ2) is 7.40. The highest BCUT2D eigenvalue weighted by Gasteiger charge is 2.22. The Labute approximate surface area is 152 Å². The van der Waals surface area contributed by atoms with E-state index < -0.39 is 12.0 Å². The Balaban J connectivity index is 1.83. The van der Waals surface area contributed by atoms with Gasteiger partial charge in [-0.3, -0.25) is 4.79 Å². The van der Waals surface area contributed by atoms with Gasteiger partial charge in [-0.2, -0.15) is 0 Å². The van der Waals surface area contributed by atoms with Crippen molar-refractivity contribution in [2.75, 3.05) is 0 Å². The van der Waals surface area contributed by atoms with E-state index in [4.69, 9.17) is 0 Å². The summed E-state index contributed by atoms with van der Waals surface area (Å²) >= 11 is 0. The molecule has 0 aliphatic rings. The Morgan fingerprint density at radius 1 is 0.923 bits per heavy atom. The van der Waals surface area contributed by atoms with E-state index >= 15 is 0 Å². The first kappa shape index (κ1) is 17.7. The van der Waals surface area contributed by atoms with Gasteiger partial charge in [-0.25, -0.2) is 4.79 Å². The third kappa shape index (κ3) is 3.75. The first-order chi connectivity index (χ1) is 12.5. The van der Waals surface area contributed by atoms with Crippen LogP contribution in [0, 0.1) is 13.8 Å². The van der Waals surface area contributed by atoms with Crippen LogP contribution < -0.4 is 5.32 Å². The van der Waals surface area contributed by atoms with Crippen LogP contribution in [-0.2, 0) is 11.2 Å². The van der Waals surface area contributed by atoms with E-state index in [2.05, 4.69) is 5.32 Å². The highest BCUT2D eigenvalue weighted by molar-refractivity contribution is 6.00. The zero-order valence-electron chi connectivity index (χ0n) is 14.8. The third-order valence-electron chi connectivity index (χ3n) is 4.67. The van der Waals surface area contributed by atoms with Gasteiger partial charge in [0.15, 0.2) is 0 Å². The lowest BCUT2D eigenvalue weighted by molar-refractivity contribution is -0.139. The number of carbonyl (C=O) groups is 2. The van der Waals surface area contributed by atoms with Gasteiger partial charge in [-0.15, -0.1) is 0 Å². The van der Waals surface area contributed by atoms with E-state index in [0.29, 0.717) is 5.56 Å². The first-order valence-corrected chi connectivity index (χ1v) is 8.53.